The Hall–Kier alpha value is -0.860. The highest BCUT2D eigenvalue weighted by molar-refractivity contribution is 5.30. The Labute approximate surface area is 129 Å². The van der Waals surface area contributed by atoms with Crippen LogP contribution in [0.3, 0.4) is 0 Å². The van der Waals surface area contributed by atoms with Gasteiger partial charge in [0.25, 0.3) is 0 Å². The zero-order chi connectivity index (χ0) is 15.1. The van der Waals surface area contributed by atoms with E-state index in [2.05, 4.69) is 51.2 Å². The molecule has 2 nitrogen and oxygen atoms in total. The average molecular weight is 287 g/mol. The first-order valence-electron chi connectivity index (χ1n) is 8.34. The molecule has 1 aliphatic carbocycles. The molecule has 2 fully saturated rings. The van der Waals surface area contributed by atoms with E-state index in [0.29, 0.717) is 5.41 Å². The van der Waals surface area contributed by atoms with Gasteiger partial charge in [0.1, 0.15) is 0 Å². The van der Waals surface area contributed by atoms with Gasteiger partial charge in [0.05, 0.1) is 11.7 Å². The fourth-order valence-electron chi connectivity index (χ4n) is 3.87. The highest BCUT2D eigenvalue weighted by atomic mass is 16.5. The summed E-state index contributed by atoms with van der Waals surface area (Å²) >= 11 is 0. The van der Waals surface area contributed by atoms with Gasteiger partial charge in [0.15, 0.2) is 0 Å². The summed E-state index contributed by atoms with van der Waals surface area (Å²) in [7, 11) is 0. The van der Waals surface area contributed by atoms with E-state index < -0.39 is 0 Å². The Balaban J connectivity index is 1.77. The molecule has 2 heteroatoms. The smallest absolute Gasteiger partial charge is 0.0957 e. The average Bonchev–Trinajstić information content (AvgIpc) is 2.42. The molecule has 1 N–H and O–H groups in total. The molecule has 116 valence electrons. The molecule has 0 aromatic heterocycles. The normalized spacial score (nSPS) is 27.7. The minimum absolute atomic E-state index is 0.0656. The van der Waals surface area contributed by atoms with Gasteiger partial charge in [-0.1, -0.05) is 43.2 Å². The van der Waals surface area contributed by atoms with Gasteiger partial charge in [-0.15, -0.1) is 0 Å². The minimum atomic E-state index is 0.0656. The topological polar surface area (TPSA) is 21.3 Å². The van der Waals surface area contributed by atoms with Crippen LogP contribution in [0.1, 0.15) is 62.3 Å². The maximum atomic E-state index is 6.64. The third-order valence-electron chi connectivity index (χ3n) is 5.30. The lowest BCUT2D eigenvalue weighted by Gasteiger charge is -2.48. The van der Waals surface area contributed by atoms with Crippen LogP contribution in [0.2, 0.25) is 0 Å². The first-order chi connectivity index (χ1) is 9.88. The van der Waals surface area contributed by atoms with Gasteiger partial charge >= 0.3 is 0 Å². The SMILES string of the molecule is Cc1cc(C)cc(C2CNCC3(CCC(C)(C)CC3)O2)c1. The van der Waals surface area contributed by atoms with Crippen LogP contribution in [0, 0.1) is 19.3 Å². The fourth-order valence-corrected chi connectivity index (χ4v) is 3.87. The van der Waals surface area contributed by atoms with Gasteiger partial charge in [0.2, 0.25) is 0 Å². The van der Waals surface area contributed by atoms with E-state index >= 15 is 0 Å². The summed E-state index contributed by atoms with van der Waals surface area (Å²) in [5.41, 5.74) is 4.55. The van der Waals surface area contributed by atoms with Gasteiger partial charge in [-0.2, -0.15) is 0 Å². The lowest BCUT2D eigenvalue weighted by molar-refractivity contribution is -0.147. The highest BCUT2D eigenvalue weighted by Crippen LogP contribution is 2.44. The lowest BCUT2D eigenvalue weighted by atomic mass is 9.70. The molecular weight excluding hydrogens is 258 g/mol. The summed E-state index contributed by atoms with van der Waals surface area (Å²) in [5.74, 6) is 0. The van der Waals surface area contributed by atoms with E-state index in [4.69, 9.17) is 4.74 Å². The Morgan fingerprint density at radius 3 is 2.24 bits per heavy atom. The maximum Gasteiger partial charge on any atom is 0.0957 e. The van der Waals surface area contributed by atoms with Crippen molar-refractivity contribution >= 4 is 0 Å². The Bertz CT molecular complexity index is 490. The molecule has 1 saturated heterocycles. The number of rotatable bonds is 1. The number of nitrogens with one attached hydrogen (secondary N) is 1. The quantitative estimate of drug-likeness (QED) is 0.831. The fraction of sp³-hybridized carbons (Fsp3) is 0.684. The van der Waals surface area contributed by atoms with Crippen LogP contribution in [-0.2, 0) is 4.74 Å². The van der Waals surface area contributed by atoms with E-state index in [1.165, 1.54) is 42.4 Å². The van der Waals surface area contributed by atoms with Crippen molar-refractivity contribution in [2.75, 3.05) is 13.1 Å². The first kappa shape index (κ1) is 15.1. The Morgan fingerprint density at radius 2 is 1.62 bits per heavy atom. The number of hydrogen-bond acceptors (Lipinski definition) is 2. The molecule has 0 radical (unpaired) electrons. The van der Waals surface area contributed by atoms with E-state index in [1.54, 1.807) is 0 Å². The van der Waals surface area contributed by atoms with Crippen molar-refractivity contribution in [2.24, 2.45) is 5.41 Å². The molecule has 1 unspecified atom stereocenters. The summed E-state index contributed by atoms with van der Waals surface area (Å²) in [6.07, 6.45) is 5.13. The third-order valence-corrected chi connectivity index (χ3v) is 5.30. The van der Waals surface area contributed by atoms with Crippen LogP contribution >= 0.6 is 0 Å². The molecule has 2 aliphatic rings. The first-order valence-corrected chi connectivity index (χ1v) is 8.34. The summed E-state index contributed by atoms with van der Waals surface area (Å²) in [6, 6.07) is 6.80. The van der Waals surface area contributed by atoms with Crippen molar-refractivity contribution in [3.63, 3.8) is 0 Å². The summed E-state index contributed by atoms with van der Waals surface area (Å²) in [6.45, 7) is 11.1. The predicted molar refractivity (Wildman–Crippen MR) is 87.6 cm³/mol. The van der Waals surface area contributed by atoms with Gasteiger partial charge in [-0.05, 0) is 50.5 Å². The van der Waals surface area contributed by atoms with Crippen LogP contribution in [0.4, 0.5) is 0 Å². The Morgan fingerprint density at radius 1 is 1.00 bits per heavy atom. The number of ether oxygens (including phenoxy) is 1. The lowest BCUT2D eigenvalue weighted by Crippen LogP contribution is -2.53. The van der Waals surface area contributed by atoms with Gasteiger partial charge in [-0.3, -0.25) is 0 Å². The van der Waals surface area contributed by atoms with E-state index in [-0.39, 0.29) is 11.7 Å². The third kappa shape index (κ3) is 3.32. The van der Waals surface area contributed by atoms with Crippen LogP contribution in [0.15, 0.2) is 18.2 Å². The van der Waals surface area contributed by atoms with Crippen LogP contribution < -0.4 is 5.32 Å². The molecule has 21 heavy (non-hydrogen) atoms. The van der Waals surface area contributed by atoms with E-state index in [9.17, 15) is 0 Å². The molecule has 3 rings (SSSR count). The molecule has 1 aliphatic heterocycles. The molecule has 0 amide bonds. The molecule has 1 heterocycles. The number of hydrogen-bond donors (Lipinski definition) is 1. The molecule has 1 aromatic carbocycles. The molecule has 1 aromatic rings. The molecular formula is C19H29NO. The largest absolute Gasteiger partial charge is 0.364 e. The van der Waals surface area contributed by atoms with Crippen LogP contribution in [-0.4, -0.2) is 18.7 Å². The van der Waals surface area contributed by atoms with E-state index in [0.717, 1.165) is 13.1 Å². The predicted octanol–water partition coefficient (Wildman–Crippen LogP) is 4.30. The van der Waals surface area contributed by atoms with Crippen LogP contribution in [0.25, 0.3) is 0 Å². The second-order valence-corrected chi connectivity index (χ2v) is 8.01. The van der Waals surface area contributed by atoms with Crippen molar-refractivity contribution in [1.82, 2.24) is 5.32 Å². The molecule has 0 bridgehead atoms. The van der Waals surface area contributed by atoms with Gasteiger partial charge < -0.3 is 10.1 Å². The Kier molecular flexibility index (Phi) is 3.87. The zero-order valence-corrected chi connectivity index (χ0v) is 14.0. The van der Waals surface area contributed by atoms with Crippen molar-refractivity contribution in [3.05, 3.63) is 34.9 Å². The van der Waals surface area contributed by atoms with Gasteiger partial charge in [-0.25, -0.2) is 0 Å². The van der Waals surface area contributed by atoms with Gasteiger partial charge in [0, 0.05) is 13.1 Å². The summed E-state index contributed by atoms with van der Waals surface area (Å²) < 4.78 is 6.64. The van der Waals surface area contributed by atoms with Crippen LogP contribution in [0.5, 0.6) is 0 Å². The van der Waals surface area contributed by atoms with Crippen molar-refractivity contribution in [3.8, 4) is 0 Å². The minimum Gasteiger partial charge on any atom is -0.364 e. The number of aryl methyl sites for hydroxylation is 2. The van der Waals surface area contributed by atoms with Crippen molar-refractivity contribution in [2.45, 2.75) is 65.1 Å². The maximum absolute atomic E-state index is 6.64. The molecule has 1 spiro atoms. The van der Waals surface area contributed by atoms with Crippen molar-refractivity contribution < 1.29 is 4.74 Å². The zero-order valence-electron chi connectivity index (χ0n) is 14.0. The molecule has 1 saturated carbocycles. The number of morpholine rings is 1. The highest BCUT2D eigenvalue weighted by Gasteiger charge is 2.42. The van der Waals surface area contributed by atoms with Crippen molar-refractivity contribution in [1.29, 1.82) is 0 Å². The molecule has 1 atom stereocenters. The summed E-state index contributed by atoms with van der Waals surface area (Å²) in [5, 5.41) is 3.64. The second-order valence-electron chi connectivity index (χ2n) is 8.01. The summed E-state index contributed by atoms with van der Waals surface area (Å²) in [4.78, 5) is 0. The van der Waals surface area contributed by atoms with E-state index in [1.807, 2.05) is 0 Å². The standard InChI is InChI=1S/C19H29NO/c1-14-9-15(2)11-16(10-14)17-12-20-13-19(21-17)7-5-18(3,4)6-8-19/h9-11,17,20H,5-8,12-13H2,1-4H3. The monoisotopic (exact) mass is 287 g/mol. The second kappa shape index (κ2) is 5.40. The number of benzene rings is 1.